The average Bonchev–Trinajstić information content (AvgIpc) is 3.70. The minimum Gasteiger partial charge on any atom is -0.495 e. The van der Waals surface area contributed by atoms with Crippen LogP contribution < -0.4 is 4.74 Å². The van der Waals surface area contributed by atoms with E-state index in [4.69, 9.17) is 31.3 Å². The highest BCUT2D eigenvalue weighted by Crippen LogP contribution is 2.44. The Morgan fingerprint density at radius 3 is 2.67 bits per heavy atom. The number of hydrogen-bond acceptors (Lipinski definition) is 6. The molecule has 0 spiro atoms. The monoisotopic (exact) mass is 697 g/mol. The number of fused-ring (bicyclic) bond motifs is 8. The van der Waals surface area contributed by atoms with Gasteiger partial charge in [-0.1, -0.05) is 49.4 Å². The zero-order valence-electron chi connectivity index (χ0n) is 28.1. The van der Waals surface area contributed by atoms with E-state index in [0.717, 1.165) is 92.6 Å². The molecule has 0 radical (unpaired) electrons. The van der Waals surface area contributed by atoms with Gasteiger partial charge in [-0.2, -0.15) is 10.2 Å². The van der Waals surface area contributed by atoms with E-state index in [9.17, 15) is 0 Å². The van der Waals surface area contributed by atoms with E-state index >= 15 is 0 Å². The number of aryl methyl sites for hydroxylation is 4. The summed E-state index contributed by atoms with van der Waals surface area (Å²) in [4.78, 5) is 1.18. The third kappa shape index (κ3) is 5.90. The van der Waals surface area contributed by atoms with Gasteiger partial charge < -0.3 is 14.0 Å². The number of ether oxygens (including phenoxy) is 2. The van der Waals surface area contributed by atoms with E-state index in [1.807, 2.05) is 53.0 Å². The Morgan fingerprint density at radius 1 is 1.02 bits per heavy atom. The summed E-state index contributed by atoms with van der Waals surface area (Å²) in [7, 11) is 5.73. The summed E-state index contributed by atoms with van der Waals surface area (Å²) >= 11 is 10.8. The maximum atomic E-state index is 7.17. The third-order valence-electron chi connectivity index (χ3n) is 9.29. The van der Waals surface area contributed by atoms with Crippen molar-refractivity contribution < 1.29 is 9.47 Å². The van der Waals surface area contributed by atoms with Gasteiger partial charge in [0, 0.05) is 86.6 Å². The molecule has 3 aromatic heterocycles. The molecular weight excluding hydrogens is 658 g/mol. The summed E-state index contributed by atoms with van der Waals surface area (Å²) in [5.74, 6) is 3.89. The molecule has 0 atom stereocenters. The first-order valence-electron chi connectivity index (χ1n) is 16.3. The lowest BCUT2D eigenvalue weighted by Crippen LogP contribution is -2.08. The number of rotatable bonds is 3. The SMILES string of the molecule is C=C(OC)c1c(CC)c2c3c(Cl)ccc2n1CCCOc1cc(cc2ccccc12)SCc1cc(nn1C)CSCc1nn(C)c(C)c1-3. The van der Waals surface area contributed by atoms with Gasteiger partial charge in [-0.25, -0.2) is 0 Å². The summed E-state index contributed by atoms with van der Waals surface area (Å²) < 4.78 is 18.7. The van der Waals surface area contributed by atoms with Crippen LogP contribution in [0.1, 0.15) is 47.4 Å². The topological polar surface area (TPSA) is 59.0 Å². The number of hydrogen-bond donors (Lipinski definition) is 0. The first-order chi connectivity index (χ1) is 23.3. The first-order valence-corrected chi connectivity index (χ1v) is 18.8. The lowest BCUT2D eigenvalue weighted by atomic mass is 9.95. The van der Waals surface area contributed by atoms with Gasteiger partial charge in [-0.15, -0.1) is 23.5 Å². The van der Waals surface area contributed by atoms with E-state index in [1.54, 1.807) is 7.11 Å². The fourth-order valence-corrected chi connectivity index (χ4v) is 8.97. The minimum atomic E-state index is 0.562. The van der Waals surface area contributed by atoms with Crippen molar-refractivity contribution in [1.82, 2.24) is 24.1 Å². The second-order valence-corrected chi connectivity index (χ2v) is 14.6. The number of nitrogens with zero attached hydrogens (tertiary/aromatic N) is 5. The van der Waals surface area contributed by atoms with Crippen LogP contribution in [0.4, 0.5) is 0 Å². The van der Waals surface area contributed by atoms with E-state index in [-0.39, 0.29) is 0 Å². The summed E-state index contributed by atoms with van der Waals surface area (Å²) in [6.07, 6.45) is 1.60. The Hall–Kier alpha value is -3.79. The summed E-state index contributed by atoms with van der Waals surface area (Å²) in [5, 5.41) is 14.0. The van der Waals surface area contributed by atoms with Crippen LogP contribution in [0.3, 0.4) is 0 Å². The maximum Gasteiger partial charge on any atom is 0.135 e. The Kier molecular flexibility index (Phi) is 9.28. The summed E-state index contributed by atoms with van der Waals surface area (Å²) in [6, 6.07) is 19.3. The van der Waals surface area contributed by atoms with Crippen LogP contribution in [0.5, 0.6) is 5.75 Å². The zero-order chi connectivity index (χ0) is 33.5. The molecule has 3 aromatic carbocycles. The quantitative estimate of drug-likeness (QED) is 0.172. The summed E-state index contributed by atoms with van der Waals surface area (Å²) in [6.45, 7) is 9.95. The maximum absolute atomic E-state index is 7.17. The van der Waals surface area contributed by atoms with Gasteiger partial charge in [-0.3, -0.25) is 9.36 Å². The van der Waals surface area contributed by atoms with E-state index < -0.39 is 0 Å². The first kappa shape index (κ1) is 32.7. The Morgan fingerprint density at radius 2 is 1.85 bits per heavy atom. The largest absolute Gasteiger partial charge is 0.495 e. The van der Waals surface area contributed by atoms with Crippen molar-refractivity contribution in [2.24, 2.45) is 14.1 Å². The fraction of sp³-hybridized carbons (Fsp3) is 0.316. The molecule has 0 saturated heterocycles. The summed E-state index contributed by atoms with van der Waals surface area (Å²) in [5.41, 5.74) is 9.77. The van der Waals surface area contributed by atoms with Gasteiger partial charge in [0.15, 0.2) is 0 Å². The molecule has 8 bridgehead atoms. The minimum absolute atomic E-state index is 0.562. The van der Waals surface area contributed by atoms with Crippen LogP contribution in [0.2, 0.25) is 5.02 Å². The Balaban J connectivity index is 1.38. The van der Waals surface area contributed by atoms with Gasteiger partial charge in [0.1, 0.15) is 11.5 Å². The molecule has 7 rings (SSSR count). The van der Waals surface area contributed by atoms with Crippen LogP contribution in [0.25, 0.3) is 38.6 Å². The number of halogens is 1. The molecule has 0 unspecified atom stereocenters. The lowest BCUT2D eigenvalue weighted by molar-refractivity contribution is 0.304. The molecule has 0 saturated carbocycles. The van der Waals surface area contributed by atoms with Crippen molar-refractivity contribution in [3.63, 3.8) is 0 Å². The van der Waals surface area contributed by atoms with Gasteiger partial charge in [-0.05, 0) is 61.0 Å². The Labute approximate surface area is 295 Å². The second kappa shape index (κ2) is 13.6. The van der Waals surface area contributed by atoms with Crippen molar-refractivity contribution in [3.05, 3.63) is 100 Å². The van der Waals surface area contributed by atoms with Crippen LogP contribution in [0, 0.1) is 6.92 Å². The van der Waals surface area contributed by atoms with Crippen molar-refractivity contribution >= 4 is 62.6 Å². The van der Waals surface area contributed by atoms with E-state index in [0.29, 0.717) is 17.4 Å². The van der Waals surface area contributed by atoms with Gasteiger partial charge in [0.25, 0.3) is 0 Å². The van der Waals surface area contributed by atoms with Gasteiger partial charge in [0.2, 0.25) is 0 Å². The third-order valence-corrected chi connectivity index (χ3v) is 11.6. The number of thioether (sulfide) groups is 2. The average molecular weight is 698 g/mol. The fourth-order valence-electron chi connectivity index (χ4n) is 6.88. The van der Waals surface area contributed by atoms with Crippen molar-refractivity contribution in [2.75, 3.05) is 13.7 Å². The molecular formula is C38H40ClN5O2S2. The predicted molar refractivity (Wildman–Crippen MR) is 201 cm³/mol. The Bertz CT molecular complexity index is 2180. The highest BCUT2D eigenvalue weighted by atomic mass is 35.5. The lowest BCUT2D eigenvalue weighted by Gasteiger charge is -2.15. The van der Waals surface area contributed by atoms with Crippen LogP contribution >= 0.6 is 35.1 Å². The molecule has 1 aliphatic heterocycles. The van der Waals surface area contributed by atoms with E-state index in [2.05, 4.69) is 73.5 Å². The molecule has 0 amide bonds. The molecule has 10 heteroatoms. The van der Waals surface area contributed by atoms with Crippen LogP contribution in [0.15, 0.2) is 66.1 Å². The molecule has 48 heavy (non-hydrogen) atoms. The zero-order valence-corrected chi connectivity index (χ0v) is 30.5. The molecule has 0 fully saturated rings. The highest BCUT2D eigenvalue weighted by molar-refractivity contribution is 7.98. The molecule has 4 heterocycles. The molecule has 7 nitrogen and oxygen atoms in total. The molecule has 0 aliphatic carbocycles. The molecule has 0 N–H and O–H groups in total. The van der Waals surface area contributed by atoms with Gasteiger partial charge >= 0.3 is 0 Å². The van der Waals surface area contributed by atoms with Gasteiger partial charge in [0.05, 0.1) is 30.8 Å². The molecule has 1 aliphatic rings. The van der Waals surface area contributed by atoms with Crippen LogP contribution in [-0.4, -0.2) is 37.8 Å². The number of aromatic nitrogens is 5. The normalized spacial score (nSPS) is 14.1. The highest BCUT2D eigenvalue weighted by Gasteiger charge is 2.27. The molecule has 248 valence electrons. The van der Waals surface area contributed by atoms with Crippen molar-refractivity contribution in [1.29, 1.82) is 0 Å². The number of methoxy groups -OCH3 is 1. The van der Waals surface area contributed by atoms with E-state index in [1.165, 1.54) is 21.5 Å². The van der Waals surface area contributed by atoms with Crippen molar-refractivity contribution in [2.45, 2.75) is 55.4 Å². The number of benzene rings is 3. The smallest absolute Gasteiger partial charge is 0.135 e. The molecule has 6 aromatic rings. The predicted octanol–water partition coefficient (Wildman–Crippen LogP) is 9.58. The van der Waals surface area contributed by atoms with Crippen LogP contribution in [-0.2, 0) is 49.1 Å². The van der Waals surface area contributed by atoms with Crippen molar-refractivity contribution in [3.8, 4) is 16.9 Å². The standard InChI is InChI=1S/C38H40ClN5O2S2/c1-7-29-36-33-14-13-31(39)37(36)35-23(2)42(4)41-32(35)22-47-20-26-18-27(43(5)40-26)21-48-28-17-25-11-8-9-12-30(25)34(19-28)46-16-10-15-44(33)38(29)24(3)45-6/h8-9,11-14,17-19H,3,7,10,15-16,20-22H2,1-2,4-6H3. The second-order valence-electron chi connectivity index (χ2n) is 12.2.